The van der Waals surface area contributed by atoms with Crippen LogP contribution in [-0.2, 0) is 19.2 Å². The van der Waals surface area contributed by atoms with Crippen molar-refractivity contribution in [1.29, 1.82) is 0 Å². The van der Waals surface area contributed by atoms with Crippen molar-refractivity contribution in [3.63, 3.8) is 0 Å². The van der Waals surface area contributed by atoms with Gasteiger partial charge in [-0.15, -0.1) is 23.1 Å². The van der Waals surface area contributed by atoms with E-state index < -0.39 is 29.2 Å². The number of oxime groups is 1. The first-order valence-electron chi connectivity index (χ1n) is 9.53. The van der Waals surface area contributed by atoms with Gasteiger partial charge in [0.05, 0.1) is 17.9 Å². The Labute approximate surface area is 233 Å². The van der Waals surface area contributed by atoms with Crippen molar-refractivity contribution in [3.8, 4) is 0 Å². The first-order chi connectivity index (χ1) is 16.3. The summed E-state index contributed by atoms with van der Waals surface area (Å²) in [6.07, 6.45) is 1.36. The van der Waals surface area contributed by atoms with Crippen LogP contribution in [0.2, 0.25) is 0 Å². The first-order valence-corrected chi connectivity index (χ1v) is 12.4. The number of nitrogens with one attached hydrogen (secondary N) is 1. The number of aliphatic carboxylic acids is 1. The van der Waals surface area contributed by atoms with Gasteiger partial charge in [-0.1, -0.05) is 16.9 Å². The average Bonchev–Trinajstić information content (AvgIpc) is 3.50. The molecule has 12 nitrogen and oxygen atoms in total. The summed E-state index contributed by atoms with van der Waals surface area (Å²) in [6.45, 7) is 0. The molecule has 0 spiro atoms. The van der Waals surface area contributed by atoms with Gasteiger partial charge >= 0.3 is 29.6 Å². The fourth-order valence-electron chi connectivity index (χ4n) is 3.30. The van der Waals surface area contributed by atoms with E-state index in [0.29, 0.717) is 5.57 Å². The minimum atomic E-state index is -1.54. The van der Waals surface area contributed by atoms with E-state index in [2.05, 4.69) is 15.5 Å². The number of furan rings is 1. The van der Waals surface area contributed by atoms with Crippen molar-refractivity contribution in [3.05, 3.63) is 46.5 Å². The van der Waals surface area contributed by atoms with Gasteiger partial charge in [0.2, 0.25) is 0 Å². The molecule has 3 N–H and O–H groups in total. The standard InChI is InChI=1S/C19H17N5O7S3.Na/c1-30-23-11(9-7-34-19(20)21-9)14(25)22-12-15(26)24-13(17(27)28)8(5-32-16(12)24)6-33-18(29)10-3-2-4-31-10;/h2-4,7,12,16H,5-6H2,1H3,(H2,20,21)(H,22,25)(H,27,28);/q;+1/p-1/b23-11-;/t12?,16-;/m0./s1. The summed E-state index contributed by atoms with van der Waals surface area (Å²) >= 11 is 3.22. The molecule has 2 aliphatic heterocycles. The smallest absolute Gasteiger partial charge is 0.543 e. The summed E-state index contributed by atoms with van der Waals surface area (Å²) in [7, 11) is 1.25. The third kappa shape index (κ3) is 5.59. The van der Waals surface area contributed by atoms with Crippen LogP contribution in [0.1, 0.15) is 16.2 Å². The number of β-lactam (4-membered cyclic amide) rings is 1. The molecular weight excluding hydrogens is 529 g/mol. The molecule has 1 unspecified atom stereocenters. The number of hydrogen-bond donors (Lipinski definition) is 2. The van der Waals surface area contributed by atoms with Crippen LogP contribution >= 0.6 is 34.9 Å². The second-order valence-corrected chi connectivity index (χ2v) is 9.79. The Morgan fingerprint density at radius 1 is 1.46 bits per heavy atom. The van der Waals surface area contributed by atoms with E-state index >= 15 is 0 Å². The third-order valence-electron chi connectivity index (χ3n) is 4.79. The molecule has 2 amide bonds. The van der Waals surface area contributed by atoms with Crippen LogP contribution < -0.4 is 45.7 Å². The van der Waals surface area contributed by atoms with Crippen molar-refractivity contribution in [2.75, 3.05) is 24.3 Å². The van der Waals surface area contributed by atoms with E-state index in [4.69, 9.17) is 15.0 Å². The number of fused-ring (bicyclic) bond motifs is 1. The molecule has 178 valence electrons. The summed E-state index contributed by atoms with van der Waals surface area (Å²) in [5, 5.41) is 18.8. The summed E-state index contributed by atoms with van der Waals surface area (Å²) in [4.78, 5) is 59.4. The Balaban J connectivity index is 0.00000342. The zero-order chi connectivity index (χ0) is 24.4. The van der Waals surface area contributed by atoms with Crippen molar-refractivity contribution in [1.82, 2.24) is 15.2 Å². The second-order valence-electron chi connectivity index (χ2n) is 6.85. The molecule has 0 aliphatic carbocycles. The van der Waals surface area contributed by atoms with Gasteiger partial charge in [-0.2, -0.15) is 0 Å². The van der Waals surface area contributed by atoms with Crippen molar-refractivity contribution in [2.45, 2.75) is 11.4 Å². The first kappa shape index (κ1) is 27.3. The Hall–Kier alpha value is -2.30. The van der Waals surface area contributed by atoms with E-state index in [1.54, 1.807) is 6.07 Å². The zero-order valence-electron chi connectivity index (χ0n) is 18.4. The minimum absolute atomic E-state index is 0. The topological polar surface area (TPSA) is 180 Å². The molecule has 0 bridgehead atoms. The summed E-state index contributed by atoms with van der Waals surface area (Å²) in [5.41, 5.74) is 5.68. The number of carbonyl (C=O) groups is 4. The maximum absolute atomic E-state index is 12.8. The van der Waals surface area contributed by atoms with E-state index in [0.717, 1.165) is 28.0 Å². The monoisotopic (exact) mass is 545 g/mol. The summed E-state index contributed by atoms with van der Waals surface area (Å²) in [5.74, 6) is -2.48. The van der Waals surface area contributed by atoms with Gasteiger partial charge in [0.15, 0.2) is 16.6 Å². The number of amides is 2. The largest absolute Gasteiger partial charge is 1.00 e. The number of nitrogens with two attached hydrogens (primary N) is 1. The van der Waals surface area contributed by atoms with Crippen LogP contribution in [0.25, 0.3) is 0 Å². The molecule has 4 heterocycles. The predicted molar refractivity (Wildman–Crippen MR) is 123 cm³/mol. The number of carboxylic acid groups (broad SMARTS) is 1. The van der Waals surface area contributed by atoms with Gasteiger partial charge < -0.3 is 30.2 Å². The van der Waals surface area contributed by atoms with Crippen molar-refractivity contribution in [2.24, 2.45) is 5.16 Å². The van der Waals surface area contributed by atoms with Crippen LogP contribution in [0.4, 0.5) is 5.13 Å². The maximum atomic E-state index is 12.8. The van der Waals surface area contributed by atoms with E-state index in [1.807, 2.05) is 0 Å². The number of anilines is 1. The number of carbonyl (C=O) groups excluding carboxylic acids is 4. The normalized spacial score (nSPS) is 19.4. The average molecular weight is 546 g/mol. The molecule has 1 fully saturated rings. The van der Waals surface area contributed by atoms with Crippen LogP contribution in [0, 0.1) is 0 Å². The van der Waals surface area contributed by atoms with E-state index in [1.165, 1.54) is 36.6 Å². The van der Waals surface area contributed by atoms with Gasteiger partial charge in [-0.25, -0.2) is 4.98 Å². The van der Waals surface area contributed by atoms with E-state index in [-0.39, 0.29) is 74.2 Å². The molecule has 0 aromatic carbocycles. The van der Waals surface area contributed by atoms with Gasteiger partial charge in [0, 0.05) is 16.9 Å². The molecule has 0 saturated carbocycles. The Kier molecular flexibility index (Phi) is 9.06. The number of carboxylic acids is 1. The number of nitrogens with zero attached hydrogens (tertiary/aromatic N) is 3. The number of hydrogen-bond acceptors (Lipinski definition) is 13. The minimum Gasteiger partial charge on any atom is -0.543 e. The number of nitrogen functional groups attached to an aromatic ring is 1. The molecule has 16 heteroatoms. The SMILES string of the molecule is CO/N=C(\C(=O)NC1C(=O)N2C(C(=O)[O-])=C(CSC(=O)c3ccco3)CS[C@@H]12)c1csc(N)n1.[Na+]. The third-order valence-corrected chi connectivity index (χ3v) is 7.76. The Morgan fingerprint density at radius 3 is 2.83 bits per heavy atom. The fraction of sp³-hybridized carbons (Fsp3) is 0.263. The number of thioether (sulfide) groups is 2. The fourth-order valence-corrected chi connectivity index (χ4v) is 6.13. The van der Waals surface area contributed by atoms with Crippen LogP contribution in [0.15, 0.2) is 44.6 Å². The molecule has 0 radical (unpaired) electrons. The number of aromatic nitrogens is 1. The van der Waals surface area contributed by atoms with Crippen LogP contribution in [0.5, 0.6) is 0 Å². The Bertz CT molecular complexity index is 1210. The number of thiazole rings is 1. The van der Waals surface area contributed by atoms with Crippen molar-refractivity contribution < 1.29 is 63.1 Å². The van der Waals surface area contributed by atoms with Crippen molar-refractivity contribution >= 4 is 68.6 Å². The van der Waals surface area contributed by atoms with Gasteiger partial charge in [0.25, 0.3) is 16.9 Å². The molecule has 2 aromatic heterocycles. The molecule has 4 rings (SSSR count). The zero-order valence-corrected chi connectivity index (χ0v) is 22.8. The Morgan fingerprint density at radius 2 is 2.23 bits per heavy atom. The van der Waals surface area contributed by atoms with Crippen LogP contribution in [-0.4, -0.2) is 68.5 Å². The second kappa shape index (κ2) is 11.6. The molecule has 2 aliphatic rings. The maximum Gasteiger partial charge on any atom is 1.00 e. The molecule has 1 saturated heterocycles. The quantitative estimate of drug-likeness (QED) is 0.146. The van der Waals surface area contributed by atoms with Crippen LogP contribution in [0.3, 0.4) is 0 Å². The van der Waals surface area contributed by atoms with E-state index in [9.17, 15) is 24.3 Å². The summed E-state index contributed by atoms with van der Waals surface area (Å²) < 4.78 is 5.04. The molecule has 35 heavy (non-hydrogen) atoms. The molecular formula is C19H16N5NaO7S3. The molecule has 2 atom stereocenters. The van der Waals surface area contributed by atoms with Gasteiger partial charge in [0.1, 0.15) is 24.2 Å². The van der Waals surface area contributed by atoms with Gasteiger partial charge in [-0.3, -0.25) is 19.3 Å². The number of rotatable bonds is 8. The molecule has 2 aromatic rings. The predicted octanol–water partition coefficient (Wildman–Crippen LogP) is -3.35. The van der Waals surface area contributed by atoms with Gasteiger partial charge in [-0.05, 0) is 17.7 Å². The summed E-state index contributed by atoms with van der Waals surface area (Å²) in [6, 6.07) is 2.08.